The molecular weight excluding hydrogens is 262 g/mol. The van der Waals surface area contributed by atoms with Crippen LogP contribution in [0.25, 0.3) is 0 Å². The summed E-state index contributed by atoms with van der Waals surface area (Å²) in [6.07, 6.45) is 4.30. The van der Waals surface area contributed by atoms with Gasteiger partial charge in [0.25, 0.3) is 0 Å². The van der Waals surface area contributed by atoms with Crippen LogP contribution in [-0.4, -0.2) is 24.1 Å². The molecule has 4 heteroatoms. The molecule has 0 heterocycles. The molecule has 4 nitrogen and oxygen atoms in total. The van der Waals surface area contributed by atoms with Crippen LogP contribution in [0.15, 0.2) is 35.5 Å². The molecule has 0 unspecified atom stereocenters. The summed E-state index contributed by atoms with van der Waals surface area (Å²) in [6, 6.07) is 10.5. The molecule has 0 aliphatic carbocycles. The lowest BCUT2D eigenvalue weighted by Crippen LogP contribution is -2.33. The third-order valence-electron chi connectivity index (χ3n) is 3.93. The third-order valence-corrected chi connectivity index (χ3v) is 3.93. The summed E-state index contributed by atoms with van der Waals surface area (Å²) in [5, 5.41) is 12.0. The second-order valence-corrected chi connectivity index (χ2v) is 6.15. The molecule has 0 amide bonds. The highest BCUT2D eigenvalue weighted by Gasteiger charge is 2.23. The lowest BCUT2D eigenvalue weighted by atomic mass is 9.86. The van der Waals surface area contributed by atoms with E-state index in [-0.39, 0.29) is 5.41 Å². The molecule has 1 aromatic carbocycles. The van der Waals surface area contributed by atoms with Crippen molar-refractivity contribution in [1.29, 1.82) is 0 Å². The molecule has 3 N–H and O–H groups in total. The van der Waals surface area contributed by atoms with Crippen LogP contribution in [0.5, 0.6) is 0 Å². The zero-order valence-corrected chi connectivity index (χ0v) is 13.5. The van der Waals surface area contributed by atoms with E-state index in [0.29, 0.717) is 5.84 Å². The van der Waals surface area contributed by atoms with E-state index in [4.69, 9.17) is 10.9 Å². The second kappa shape index (κ2) is 8.55. The fraction of sp³-hybridized carbons (Fsp3) is 0.588. The predicted molar refractivity (Wildman–Crippen MR) is 90.0 cm³/mol. The molecule has 0 aliphatic rings. The topological polar surface area (TPSA) is 61.8 Å². The van der Waals surface area contributed by atoms with Crippen molar-refractivity contribution in [2.75, 3.05) is 18.0 Å². The Balaban J connectivity index is 2.58. The fourth-order valence-corrected chi connectivity index (χ4v) is 2.33. The number of unbranched alkanes of at least 4 members (excludes halogenated alkanes) is 1. The average molecular weight is 291 g/mol. The van der Waals surface area contributed by atoms with Crippen molar-refractivity contribution in [2.24, 2.45) is 16.3 Å². The highest BCUT2D eigenvalue weighted by molar-refractivity contribution is 5.85. The van der Waals surface area contributed by atoms with Crippen LogP contribution < -0.4 is 10.6 Å². The van der Waals surface area contributed by atoms with Gasteiger partial charge in [0.1, 0.15) is 5.84 Å². The molecule has 21 heavy (non-hydrogen) atoms. The lowest BCUT2D eigenvalue weighted by Gasteiger charge is -2.28. The van der Waals surface area contributed by atoms with Crippen LogP contribution in [0.4, 0.5) is 5.69 Å². The summed E-state index contributed by atoms with van der Waals surface area (Å²) in [7, 11) is 0. The Kier molecular flexibility index (Phi) is 7.06. The van der Waals surface area contributed by atoms with Crippen molar-refractivity contribution in [3.8, 4) is 0 Å². The normalized spacial score (nSPS) is 12.4. The van der Waals surface area contributed by atoms with Crippen LogP contribution in [0, 0.1) is 5.41 Å². The third kappa shape index (κ3) is 5.66. The first-order valence-electron chi connectivity index (χ1n) is 7.79. The molecule has 118 valence electrons. The molecule has 0 fully saturated rings. The number of benzene rings is 1. The van der Waals surface area contributed by atoms with Gasteiger partial charge in [0, 0.05) is 24.2 Å². The Labute approximate surface area is 128 Å². The molecule has 0 atom stereocenters. The summed E-state index contributed by atoms with van der Waals surface area (Å²) in [5.74, 6) is 0.308. The molecule has 0 saturated heterocycles. The summed E-state index contributed by atoms with van der Waals surface area (Å²) >= 11 is 0. The number of hydrogen-bond acceptors (Lipinski definition) is 3. The lowest BCUT2D eigenvalue weighted by molar-refractivity contribution is 0.304. The Bertz CT molecular complexity index is 429. The van der Waals surface area contributed by atoms with E-state index < -0.39 is 0 Å². The Hall–Kier alpha value is -1.71. The predicted octanol–water partition coefficient (Wildman–Crippen LogP) is 3.85. The van der Waals surface area contributed by atoms with Gasteiger partial charge in [-0.15, -0.1) is 0 Å². The first-order valence-corrected chi connectivity index (χ1v) is 7.79. The minimum Gasteiger partial charge on any atom is -0.409 e. The van der Waals surface area contributed by atoms with Crippen molar-refractivity contribution in [1.82, 2.24) is 0 Å². The van der Waals surface area contributed by atoms with Crippen LogP contribution in [0.3, 0.4) is 0 Å². The summed E-state index contributed by atoms with van der Waals surface area (Å²) < 4.78 is 0. The van der Waals surface area contributed by atoms with Crippen LogP contribution in [0.2, 0.25) is 0 Å². The van der Waals surface area contributed by atoms with E-state index in [9.17, 15) is 0 Å². The van der Waals surface area contributed by atoms with Crippen molar-refractivity contribution in [2.45, 2.75) is 46.5 Å². The highest BCUT2D eigenvalue weighted by Crippen LogP contribution is 2.24. The van der Waals surface area contributed by atoms with Crippen molar-refractivity contribution in [3.05, 3.63) is 30.3 Å². The molecule has 0 spiro atoms. The van der Waals surface area contributed by atoms with E-state index in [0.717, 1.165) is 25.9 Å². The average Bonchev–Trinajstić information content (AvgIpc) is 2.50. The van der Waals surface area contributed by atoms with E-state index in [1.54, 1.807) is 0 Å². The number of para-hydroxylation sites is 1. The first-order chi connectivity index (χ1) is 10.0. The van der Waals surface area contributed by atoms with Crippen LogP contribution in [0.1, 0.15) is 46.5 Å². The van der Waals surface area contributed by atoms with Gasteiger partial charge < -0.3 is 15.8 Å². The van der Waals surface area contributed by atoms with E-state index in [2.05, 4.69) is 41.2 Å². The van der Waals surface area contributed by atoms with Gasteiger partial charge in [-0.2, -0.15) is 0 Å². The summed E-state index contributed by atoms with van der Waals surface area (Å²) in [5.41, 5.74) is 6.75. The van der Waals surface area contributed by atoms with Gasteiger partial charge in [-0.05, 0) is 31.4 Å². The molecule has 0 aromatic heterocycles. The standard InChI is InChI=1S/C17H29N3O/c1-4-5-13-20(15-10-7-6-8-11-15)14-9-12-17(2,3)16(18)19-21/h6-8,10-11,21H,4-5,9,12-14H2,1-3H3,(H2,18,19). The minimum atomic E-state index is -0.262. The smallest absolute Gasteiger partial charge is 0.144 e. The number of hydrogen-bond donors (Lipinski definition) is 2. The number of oxime groups is 1. The van der Waals surface area contributed by atoms with Crippen LogP contribution in [-0.2, 0) is 0 Å². The maximum atomic E-state index is 8.83. The molecule has 0 radical (unpaired) electrons. The number of nitrogens with zero attached hydrogens (tertiary/aromatic N) is 2. The summed E-state index contributed by atoms with van der Waals surface area (Å²) in [6.45, 7) is 8.31. The first kappa shape index (κ1) is 17.3. The van der Waals surface area contributed by atoms with E-state index >= 15 is 0 Å². The van der Waals surface area contributed by atoms with Crippen molar-refractivity contribution in [3.63, 3.8) is 0 Å². The maximum Gasteiger partial charge on any atom is 0.144 e. The van der Waals surface area contributed by atoms with Crippen molar-refractivity contribution < 1.29 is 5.21 Å². The Morgan fingerprint density at radius 3 is 2.38 bits per heavy atom. The highest BCUT2D eigenvalue weighted by atomic mass is 16.4. The van der Waals surface area contributed by atoms with Gasteiger partial charge in [-0.1, -0.05) is 50.5 Å². The molecule has 0 bridgehead atoms. The Morgan fingerprint density at radius 2 is 1.81 bits per heavy atom. The van der Waals surface area contributed by atoms with Gasteiger partial charge >= 0.3 is 0 Å². The minimum absolute atomic E-state index is 0.262. The number of rotatable bonds is 9. The number of anilines is 1. The number of amidine groups is 1. The van der Waals surface area contributed by atoms with Gasteiger partial charge in [-0.25, -0.2) is 0 Å². The van der Waals surface area contributed by atoms with E-state index in [1.165, 1.54) is 18.5 Å². The van der Waals surface area contributed by atoms with Gasteiger partial charge in [0.05, 0.1) is 0 Å². The van der Waals surface area contributed by atoms with E-state index in [1.807, 2.05) is 19.9 Å². The van der Waals surface area contributed by atoms with Gasteiger partial charge in [-0.3, -0.25) is 0 Å². The molecule has 1 rings (SSSR count). The Morgan fingerprint density at radius 1 is 1.19 bits per heavy atom. The molecular formula is C17H29N3O. The monoisotopic (exact) mass is 291 g/mol. The summed E-state index contributed by atoms with van der Waals surface area (Å²) in [4.78, 5) is 2.42. The SMILES string of the molecule is CCCCN(CCCC(C)(C)C(N)=NO)c1ccccc1. The van der Waals surface area contributed by atoms with Crippen molar-refractivity contribution >= 4 is 11.5 Å². The largest absolute Gasteiger partial charge is 0.409 e. The molecule has 0 saturated carbocycles. The fourth-order valence-electron chi connectivity index (χ4n) is 2.33. The number of nitrogens with two attached hydrogens (primary N) is 1. The van der Waals surface area contributed by atoms with Crippen LogP contribution >= 0.6 is 0 Å². The van der Waals surface area contributed by atoms with Gasteiger partial charge in [0.2, 0.25) is 0 Å². The zero-order valence-electron chi connectivity index (χ0n) is 13.5. The molecule has 0 aliphatic heterocycles. The maximum absolute atomic E-state index is 8.83. The van der Waals surface area contributed by atoms with Gasteiger partial charge in [0.15, 0.2) is 0 Å². The second-order valence-electron chi connectivity index (χ2n) is 6.15. The zero-order chi connectivity index (χ0) is 15.7. The quantitative estimate of drug-likeness (QED) is 0.314. The molecule has 1 aromatic rings.